The molecule has 0 saturated carbocycles. The SMILES string of the molecule is CNCC1CCCN(C(C)C)C1c1c(F)cccc1Cl. The molecule has 1 aromatic carbocycles. The highest BCUT2D eigenvalue weighted by molar-refractivity contribution is 6.31. The molecule has 1 aliphatic rings. The van der Waals surface area contributed by atoms with Crippen LogP contribution < -0.4 is 5.32 Å². The summed E-state index contributed by atoms with van der Waals surface area (Å²) in [5, 5.41) is 3.79. The lowest BCUT2D eigenvalue weighted by Crippen LogP contribution is -2.45. The number of piperidine rings is 1. The molecule has 4 heteroatoms. The molecular weight excluding hydrogens is 275 g/mol. The number of nitrogens with one attached hydrogen (secondary N) is 1. The Morgan fingerprint density at radius 2 is 2.20 bits per heavy atom. The summed E-state index contributed by atoms with van der Waals surface area (Å²) in [7, 11) is 1.95. The summed E-state index contributed by atoms with van der Waals surface area (Å²) < 4.78 is 14.4. The number of hydrogen-bond donors (Lipinski definition) is 1. The van der Waals surface area contributed by atoms with E-state index in [9.17, 15) is 4.39 Å². The molecule has 2 atom stereocenters. The van der Waals surface area contributed by atoms with Gasteiger partial charge in [-0.2, -0.15) is 0 Å². The van der Waals surface area contributed by atoms with Gasteiger partial charge >= 0.3 is 0 Å². The van der Waals surface area contributed by atoms with Crippen molar-refractivity contribution in [3.63, 3.8) is 0 Å². The van der Waals surface area contributed by atoms with E-state index in [0.717, 1.165) is 25.9 Å². The van der Waals surface area contributed by atoms with Crippen LogP contribution in [0.2, 0.25) is 5.02 Å². The van der Waals surface area contributed by atoms with Crippen LogP contribution in [0.5, 0.6) is 0 Å². The molecule has 1 saturated heterocycles. The molecule has 1 heterocycles. The number of rotatable bonds is 4. The molecule has 20 heavy (non-hydrogen) atoms. The van der Waals surface area contributed by atoms with Crippen molar-refractivity contribution < 1.29 is 4.39 Å². The van der Waals surface area contributed by atoms with Crippen molar-refractivity contribution in [2.24, 2.45) is 5.92 Å². The van der Waals surface area contributed by atoms with Gasteiger partial charge < -0.3 is 5.32 Å². The van der Waals surface area contributed by atoms with Crippen molar-refractivity contribution >= 4 is 11.6 Å². The van der Waals surface area contributed by atoms with Crippen molar-refractivity contribution in [2.75, 3.05) is 20.1 Å². The molecule has 0 spiro atoms. The van der Waals surface area contributed by atoms with Crippen LogP contribution in [0.1, 0.15) is 38.3 Å². The van der Waals surface area contributed by atoms with E-state index in [0.29, 0.717) is 22.5 Å². The molecule has 2 nitrogen and oxygen atoms in total. The highest BCUT2D eigenvalue weighted by Crippen LogP contribution is 2.41. The minimum atomic E-state index is -0.184. The van der Waals surface area contributed by atoms with Crippen LogP contribution in [0.4, 0.5) is 4.39 Å². The van der Waals surface area contributed by atoms with Crippen LogP contribution in [0, 0.1) is 11.7 Å². The van der Waals surface area contributed by atoms with Crippen LogP contribution >= 0.6 is 11.6 Å². The van der Waals surface area contributed by atoms with E-state index < -0.39 is 0 Å². The van der Waals surface area contributed by atoms with Crippen molar-refractivity contribution in [1.29, 1.82) is 0 Å². The van der Waals surface area contributed by atoms with Gasteiger partial charge in [-0.05, 0) is 64.9 Å². The maximum atomic E-state index is 14.4. The first-order valence-electron chi connectivity index (χ1n) is 7.40. The Kier molecular flexibility index (Phi) is 5.42. The van der Waals surface area contributed by atoms with E-state index in [1.807, 2.05) is 7.05 Å². The molecule has 1 aliphatic heterocycles. The zero-order valence-corrected chi connectivity index (χ0v) is 13.3. The normalized spacial score (nSPS) is 24.3. The van der Waals surface area contributed by atoms with Gasteiger partial charge in [0.2, 0.25) is 0 Å². The van der Waals surface area contributed by atoms with Gasteiger partial charge in [-0.15, -0.1) is 0 Å². The second-order valence-electron chi connectivity index (χ2n) is 5.87. The largest absolute Gasteiger partial charge is 0.319 e. The standard InChI is InChI=1S/C16H24ClFN2/c1-11(2)20-9-5-6-12(10-19-3)16(20)15-13(17)7-4-8-14(15)18/h4,7-8,11-12,16,19H,5-6,9-10H2,1-3H3. The van der Waals surface area contributed by atoms with Gasteiger partial charge in [0.25, 0.3) is 0 Å². The Hall–Kier alpha value is -0.640. The third-order valence-electron chi connectivity index (χ3n) is 4.22. The zero-order valence-electron chi connectivity index (χ0n) is 12.5. The number of halogens is 2. The van der Waals surface area contributed by atoms with Gasteiger partial charge in [-0.1, -0.05) is 17.7 Å². The molecule has 0 radical (unpaired) electrons. The third kappa shape index (κ3) is 3.16. The average molecular weight is 299 g/mol. The van der Waals surface area contributed by atoms with Gasteiger partial charge in [0, 0.05) is 22.7 Å². The Morgan fingerprint density at radius 3 is 2.80 bits per heavy atom. The molecule has 112 valence electrons. The van der Waals surface area contributed by atoms with Crippen molar-refractivity contribution in [2.45, 2.75) is 38.8 Å². The molecule has 1 fully saturated rings. The van der Waals surface area contributed by atoms with Crippen LogP contribution in [0.3, 0.4) is 0 Å². The van der Waals surface area contributed by atoms with Crippen LogP contribution in [0.25, 0.3) is 0 Å². The lowest BCUT2D eigenvalue weighted by atomic mass is 9.83. The van der Waals surface area contributed by atoms with Crippen molar-refractivity contribution in [3.8, 4) is 0 Å². The Balaban J connectivity index is 2.43. The van der Waals surface area contributed by atoms with E-state index in [2.05, 4.69) is 24.1 Å². The van der Waals surface area contributed by atoms with Gasteiger partial charge in [0.05, 0.1) is 0 Å². The summed E-state index contributed by atoms with van der Waals surface area (Å²) in [5.74, 6) is 0.210. The zero-order chi connectivity index (χ0) is 14.7. The monoisotopic (exact) mass is 298 g/mol. The molecule has 2 unspecified atom stereocenters. The fourth-order valence-corrected chi connectivity index (χ4v) is 3.63. The number of nitrogens with zero attached hydrogens (tertiary/aromatic N) is 1. The summed E-state index contributed by atoms with van der Waals surface area (Å²) in [6.45, 7) is 6.23. The van der Waals surface area contributed by atoms with Gasteiger partial charge in [-0.25, -0.2) is 4.39 Å². The van der Waals surface area contributed by atoms with Crippen molar-refractivity contribution in [1.82, 2.24) is 10.2 Å². The van der Waals surface area contributed by atoms with E-state index in [1.165, 1.54) is 6.07 Å². The highest BCUT2D eigenvalue weighted by Gasteiger charge is 2.36. The molecular formula is C16H24ClFN2. The van der Waals surface area contributed by atoms with Crippen LogP contribution in [-0.4, -0.2) is 31.1 Å². The van der Waals surface area contributed by atoms with Gasteiger partial charge in [0.15, 0.2) is 0 Å². The minimum Gasteiger partial charge on any atom is -0.319 e. The maximum Gasteiger partial charge on any atom is 0.129 e. The second-order valence-corrected chi connectivity index (χ2v) is 6.28. The smallest absolute Gasteiger partial charge is 0.129 e. The summed E-state index contributed by atoms with van der Waals surface area (Å²) in [5.41, 5.74) is 0.669. The van der Waals surface area contributed by atoms with E-state index in [4.69, 9.17) is 11.6 Å². The first kappa shape index (κ1) is 15.7. The second kappa shape index (κ2) is 6.88. The van der Waals surface area contributed by atoms with Gasteiger partial charge in [0.1, 0.15) is 5.82 Å². The summed E-state index contributed by atoms with van der Waals surface area (Å²) in [4.78, 5) is 2.38. The Bertz CT molecular complexity index is 428. The maximum absolute atomic E-state index is 14.4. The summed E-state index contributed by atoms with van der Waals surface area (Å²) in [6.07, 6.45) is 2.27. The first-order chi connectivity index (χ1) is 9.56. The third-order valence-corrected chi connectivity index (χ3v) is 4.55. The van der Waals surface area contributed by atoms with Crippen LogP contribution in [0.15, 0.2) is 18.2 Å². The Labute approximate surface area is 126 Å². The summed E-state index contributed by atoms with van der Waals surface area (Å²) >= 11 is 6.31. The molecule has 0 bridgehead atoms. The predicted octanol–water partition coefficient (Wildman–Crippen LogP) is 3.86. The minimum absolute atomic E-state index is 0.0601. The number of hydrogen-bond acceptors (Lipinski definition) is 2. The fourth-order valence-electron chi connectivity index (χ4n) is 3.35. The number of benzene rings is 1. The molecule has 0 amide bonds. The molecule has 1 aromatic rings. The molecule has 0 aliphatic carbocycles. The van der Waals surface area contributed by atoms with Gasteiger partial charge in [-0.3, -0.25) is 4.90 Å². The average Bonchev–Trinajstić information content (AvgIpc) is 2.40. The lowest BCUT2D eigenvalue weighted by molar-refractivity contribution is 0.0614. The quantitative estimate of drug-likeness (QED) is 0.908. The topological polar surface area (TPSA) is 15.3 Å². The van der Waals surface area contributed by atoms with Crippen molar-refractivity contribution in [3.05, 3.63) is 34.6 Å². The van der Waals surface area contributed by atoms with Crippen LogP contribution in [-0.2, 0) is 0 Å². The fraction of sp³-hybridized carbons (Fsp3) is 0.625. The Morgan fingerprint density at radius 1 is 1.45 bits per heavy atom. The lowest BCUT2D eigenvalue weighted by Gasteiger charge is -2.44. The first-order valence-corrected chi connectivity index (χ1v) is 7.78. The van der Waals surface area contributed by atoms with E-state index in [-0.39, 0.29) is 11.9 Å². The number of likely N-dealkylation sites (tertiary alicyclic amines) is 1. The molecule has 1 N–H and O–H groups in total. The highest BCUT2D eigenvalue weighted by atomic mass is 35.5. The summed E-state index contributed by atoms with van der Waals surface area (Å²) in [6, 6.07) is 5.44. The van der Waals surface area contributed by atoms with E-state index >= 15 is 0 Å². The molecule has 0 aromatic heterocycles. The predicted molar refractivity (Wildman–Crippen MR) is 82.6 cm³/mol. The molecule has 2 rings (SSSR count). The van der Waals surface area contributed by atoms with E-state index in [1.54, 1.807) is 12.1 Å².